The molecule has 0 spiro atoms. The lowest BCUT2D eigenvalue weighted by molar-refractivity contribution is -0.384. The van der Waals surface area contributed by atoms with Crippen molar-refractivity contribution in [2.24, 2.45) is 17.3 Å². The lowest BCUT2D eigenvalue weighted by Crippen LogP contribution is -2.55. The summed E-state index contributed by atoms with van der Waals surface area (Å²) >= 11 is 6.86. The van der Waals surface area contributed by atoms with Gasteiger partial charge in [-0.15, -0.1) is 11.6 Å². The molecule has 0 aliphatic heterocycles. The molecule has 0 aromatic heterocycles. The first-order valence-corrected chi connectivity index (χ1v) is 8.50. The quantitative estimate of drug-likeness (QED) is 0.501. The number of anilines is 1. The maximum absolute atomic E-state index is 10.7. The van der Waals surface area contributed by atoms with Crippen LogP contribution in [0.1, 0.15) is 38.5 Å². The van der Waals surface area contributed by atoms with Gasteiger partial charge in [0.2, 0.25) is 0 Å². The summed E-state index contributed by atoms with van der Waals surface area (Å²) in [5.74, 6) is 1.61. The Hall–Kier alpha value is -1.29. The Balaban J connectivity index is 1.46. The summed E-state index contributed by atoms with van der Waals surface area (Å²) in [4.78, 5) is 10.4. The molecule has 0 saturated heterocycles. The van der Waals surface area contributed by atoms with Crippen LogP contribution in [0, 0.1) is 27.4 Å². The Kier molecular flexibility index (Phi) is 3.16. The summed E-state index contributed by atoms with van der Waals surface area (Å²) in [6.45, 7) is 0.937. The second kappa shape index (κ2) is 4.85. The molecular weight excluding hydrogens is 300 g/mol. The normalized spacial score (nSPS) is 39.0. The predicted molar refractivity (Wildman–Crippen MR) is 87.3 cm³/mol. The number of non-ortho nitro benzene ring substituents is 1. The Morgan fingerprint density at radius 1 is 1.18 bits per heavy atom. The molecule has 0 radical (unpaired) electrons. The maximum atomic E-state index is 10.7. The fourth-order valence-corrected chi connectivity index (χ4v) is 6.25. The molecule has 4 aliphatic rings. The number of nitro benzene ring substituents is 1. The highest BCUT2D eigenvalue weighted by atomic mass is 35.5. The SMILES string of the molecule is O=[N+]([O-])c1ccc(NCC23CC4CC(CC(Cl)(C4)C2)C3)cc1. The van der Waals surface area contributed by atoms with Crippen LogP contribution in [0.15, 0.2) is 24.3 Å². The van der Waals surface area contributed by atoms with E-state index in [1.54, 1.807) is 24.3 Å². The minimum absolute atomic E-state index is 0.0429. The van der Waals surface area contributed by atoms with Gasteiger partial charge in [-0.1, -0.05) is 0 Å². The molecule has 1 aromatic rings. The molecule has 1 N–H and O–H groups in total. The van der Waals surface area contributed by atoms with Crippen LogP contribution in [0.25, 0.3) is 0 Å². The Labute approximate surface area is 135 Å². The number of halogens is 1. The summed E-state index contributed by atoms with van der Waals surface area (Å²) in [5.41, 5.74) is 1.43. The summed E-state index contributed by atoms with van der Waals surface area (Å²) in [7, 11) is 0. The minimum atomic E-state index is -0.361. The van der Waals surface area contributed by atoms with Crippen LogP contribution in [-0.4, -0.2) is 16.3 Å². The monoisotopic (exact) mass is 320 g/mol. The number of alkyl halides is 1. The second-order valence-corrected chi connectivity index (χ2v) is 8.57. The van der Waals surface area contributed by atoms with Crippen LogP contribution in [0.5, 0.6) is 0 Å². The van der Waals surface area contributed by atoms with Crippen LogP contribution < -0.4 is 5.32 Å². The highest BCUT2D eigenvalue weighted by molar-refractivity contribution is 6.24. The molecule has 2 unspecified atom stereocenters. The molecule has 118 valence electrons. The van der Waals surface area contributed by atoms with Gasteiger partial charge in [0.1, 0.15) is 0 Å². The lowest BCUT2D eigenvalue weighted by Gasteiger charge is -2.60. The van der Waals surface area contributed by atoms with Crippen molar-refractivity contribution in [1.29, 1.82) is 0 Å². The number of nitro groups is 1. The molecule has 5 heteroatoms. The van der Waals surface area contributed by atoms with E-state index in [2.05, 4.69) is 5.32 Å². The first kappa shape index (κ1) is 14.3. The highest BCUT2D eigenvalue weighted by Crippen LogP contribution is 2.63. The number of nitrogens with zero attached hydrogens (tertiary/aromatic N) is 1. The molecule has 22 heavy (non-hydrogen) atoms. The van der Waals surface area contributed by atoms with Gasteiger partial charge < -0.3 is 5.32 Å². The first-order chi connectivity index (χ1) is 10.5. The van der Waals surface area contributed by atoms with Gasteiger partial charge in [0.05, 0.1) is 4.92 Å². The average molecular weight is 321 g/mol. The zero-order valence-corrected chi connectivity index (χ0v) is 13.3. The molecule has 1 aromatic carbocycles. The van der Waals surface area contributed by atoms with Crippen LogP contribution in [-0.2, 0) is 0 Å². The Morgan fingerprint density at radius 2 is 1.82 bits per heavy atom. The van der Waals surface area contributed by atoms with Gasteiger partial charge in [0, 0.05) is 29.2 Å². The maximum Gasteiger partial charge on any atom is 0.269 e. The molecule has 0 heterocycles. The van der Waals surface area contributed by atoms with E-state index in [4.69, 9.17) is 11.6 Å². The van der Waals surface area contributed by atoms with Gasteiger partial charge in [-0.05, 0) is 67.9 Å². The van der Waals surface area contributed by atoms with E-state index < -0.39 is 0 Å². The van der Waals surface area contributed by atoms with E-state index in [9.17, 15) is 10.1 Å². The molecule has 2 atom stereocenters. The number of hydrogen-bond acceptors (Lipinski definition) is 3. The van der Waals surface area contributed by atoms with E-state index in [1.165, 1.54) is 32.1 Å². The van der Waals surface area contributed by atoms with Crippen molar-refractivity contribution in [2.45, 2.75) is 43.4 Å². The van der Waals surface area contributed by atoms with Gasteiger partial charge in [-0.2, -0.15) is 0 Å². The zero-order valence-electron chi connectivity index (χ0n) is 12.6. The zero-order chi connectivity index (χ0) is 15.4. The summed E-state index contributed by atoms with van der Waals surface area (Å²) in [5, 5.41) is 14.2. The fraction of sp³-hybridized carbons (Fsp3) is 0.647. The van der Waals surface area contributed by atoms with E-state index in [-0.39, 0.29) is 15.5 Å². The van der Waals surface area contributed by atoms with Crippen molar-refractivity contribution in [3.05, 3.63) is 34.4 Å². The standard InChI is InChI=1S/C17H21ClN2O2/c18-17-8-12-5-13(9-17)7-16(6-12,10-17)11-19-14-1-3-15(4-2-14)20(21)22/h1-4,12-13,19H,5-11H2. The topological polar surface area (TPSA) is 55.2 Å². The van der Waals surface area contributed by atoms with Gasteiger partial charge >= 0.3 is 0 Å². The smallest absolute Gasteiger partial charge is 0.269 e. The minimum Gasteiger partial charge on any atom is -0.384 e. The fourth-order valence-electron chi connectivity index (χ4n) is 5.53. The molecule has 4 fully saturated rings. The van der Waals surface area contributed by atoms with E-state index in [1.807, 2.05) is 0 Å². The van der Waals surface area contributed by atoms with Crippen molar-refractivity contribution in [3.8, 4) is 0 Å². The number of benzene rings is 1. The Morgan fingerprint density at radius 3 is 2.36 bits per heavy atom. The highest BCUT2D eigenvalue weighted by Gasteiger charge is 2.56. The van der Waals surface area contributed by atoms with Gasteiger partial charge in [0.15, 0.2) is 0 Å². The van der Waals surface area contributed by atoms with E-state index in [0.717, 1.165) is 30.5 Å². The number of nitrogens with one attached hydrogen (secondary N) is 1. The van der Waals surface area contributed by atoms with E-state index >= 15 is 0 Å². The molecular formula is C17H21ClN2O2. The molecule has 0 amide bonds. The van der Waals surface area contributed by atoms with Crippen LogP contribution in [0.4, 0.5) is 11.4 Å². The Bertz CT molecular complexity index is 587. The van der Waals surface area contributed by atoms with Crippen LogP contribution >= 0.6 is 11.6 Å². The number of rotatable bonds is 4. The summed E-state index contributed by atoms with van der Waals surface area (Å²) in [6.07, 6.45) is 7.47. The van der Waals surface area contributed by atoms with Gasteiger partial charge in [-0.25, -0.2) is 0 Å². The van der Waals surface area contributed by atoms with Gasteiger partial charge in [0.25, 0.3) is 5.69 Å². The first-order valence-electron chi connectivity index (χ1n) is 8.13. The van der Waals surface area contributed by atoms with Gasteiger partial charge in [-0.3, -0.25) is 10.1 Å². The van der Waals surface area contributed by atoms with Crippen molar-refractivity contribution in [2.75, 3.05) is 11.9 Å². The predicted octanol–water partition coefficient (Wildman–Crippen LogP) is 4.58. The average Bonchev–Trinajstić information content (AvgIpc) is 2.43. The molecule has 4 aliphatic carbocycles. The third-order valence-electron chi connectivity index (χ3n) is 5.86. The second-order valence-electron chi connectivity index (χ2n) is 7.77. The third kappa shape index (κ3) is 2.47. The van der Waals surface area contributed by atoms with Crippen molar-refractivity contribution in [1.82, 2.24) is 0 Å². The summed E-state index contributed by atoms with van der Waals surface area (Å²) in [6, 6.07) is 6.72. The molecule has 4 bridgehead atoms. The van der Waals surface area contributed by atoms with Crippen LogP contribution in [0.3, 0.4) is 0 Å². The molecule has 5 rings (SSSR count). The number of hydrogen-bond donors (Lipinski definition) is 1. The van der Waals surface area contributed by atoms with Crippen molar-refractivity contribution in [3.63, 3.8) is 0 Å². The largest absolute Gasteiger partial charge is 0.384 e. The van der Waals surface area contributed by atoms with Crippen molar-refractivity contribution < 1.29 is 4.92 Å². The van der Waals surface area contributed by atoms with E-state index in [0.29, 0.717) is 5.41 Å². The van der Waals surface area contributed by atoms with Crippen molar-refractivity contribution >= 4 is 23.0 Å². The third-order valence-corrected chi connectivity index (χ3v) is 6.30. The summed E-state index contributed by atoms with van der Waals surface area (Å²) < 4.78 is 0. The molecule has 4 saturated carbocycles. The molecule has 4 nitrogen and oxygen atoms in total. The lowest BCUT2D eigenvalue weighted by atomic mass is 9.49. The van der Waals surface area contributed by atoms with Crippen LogP contribution in [0.2, 0.25) is 0 Å².